The smallest absolute Gasteiger partial charge is 0.251 e. The molecular formula is C21H26FN3O2. The van der Waals surface area contributed by atoms with Crippen molar-refractivity contribution in [1.29, 1.82) is 0 Å². The predicted octanol–water partition coefficient (Wildman–Crippen LogP) is 2.70. The van der Waals surface area contributed by atoms with Crippen molar-refractivity contribution in [2.75, 3.05) is 51.8 Å². The van der Waals surface area contributed by atoms with Crippen molar-refractivity contribution < 1.29 is 13.9 Å². The van der Waals surface area contributed by atoms with E-state index in [1.807, 2.05) is 14.1 Å². The minimum absolute atomic E-state index is 0.0644. The van der Waals surface area contributed by atoms with E-state index in [-0.39, 0.29) is 17.8 Å². The van der Waals surface area contributed by atoms with Gasteiger partial charge in [-0.1, -0.05) is 12.1 Å². The molecule has 0 aliphatic carbocycles. The van der Waals surface area contributed by atoms with Gasteiger partial charge < -0.3 is 15.0 Å². The first-order valence-corrected chi connectivity index (χ1v) is 9.17. The Morgan fingerprint density at radius 1 is 1.11 bits per heavy atom. The largest absolute Gasteiger partial charge is 0.379 e. The van der Waals surface area contributed by atoms with E-state index in [9.17, 15) is 9.18 Å². The highest BCUT2D eigenvalue weighted by molar-refractivity contribution is 5.94. The van der Waals surface area contributed by atoms with Crippen molar-refractivity contribution in [2.45, 2.75) is 6.04 Å². The van der Waals surface area contributed by atoms with Crippen LogP contribution in [-0.2, 0) is 4.74 Å². The van der Waals surface area contributed by atoms with Crippen molar-refractivity contribution >= 4 is 11.6 Å². The normalized spacial score (nSPS) is 16.0. The number of amides is 1. The fourth-order valence-corrected chi connectivity index (χ4v) is 3.23. The van der Waals surface area contributed by atoms with Crippen LogP contribution in [0.1, 0.15) is 22.0 Å². The predicted molar refractivity (Wildman–Crippen MR) is 105 cm³/mol. The van der Waals surface area contributed by atoms with Crippen LogP contribution in [0.2, 0.25) is 0 Å². The number of hydrogen-bond donors (Lipinski definition) is 1. The summed E-state index contributed by atoms with van der Waals surface area (Å²) in [5, 5.41) is 3.00. The number of rotatable bonds is 6. The van der Waals surface area contributed by atoms with Gasteiger partial charge in [-0.15, -0.1) is 0 Å². The molecule has 1 heterocycles. The van der Waals surface area contributed by atoms with E-state index in [1.165, 1.54) is 24.3 Å². The number of hydrogen-bond acceptors (Lipinski definition) is 4. The summed E-state index contributed by atoms with van der Waals surface area (Å²) >= 11 is 0. The van der Waals surface area contributed by atoms with Gasteiger partial charge in [0.2, 0.25) is 0 Å². The highest BCUT2D eigenvalue weighted by Crippen LogP contribution is 2.24. The Bertz CT molecular complexity index is 741. The number of benzene rings is 2. The molecule has 1 atom stereocenters. The molecule has 1 aliphatic heterocycles. The monoisotopic (exact) mass is 371 g/mol. The number of carbonyl (C=O) groups excluding carboxylic acids is 1. The second-order valence-electron chi connectivity index (χ2n) is 6.87. The minimum atomic E-state index is -0.348. The Labute approximate surface area is 159 Å². The molecule has 1 saturated heterocycles. The lowest BCUT2D eigenvalue weighted by Crippen LogP contribution is -2.43. The summed E-state index contributed by atoms with van der Waals surface area (Å²) in [6.07, 6.45) is 0. The van der Waals surface area contributed by atoms with E-state index in [4.69, 9.17) is 4.74 Å². The van der Waals surface area contributed by atoms with E-state index in [1.54, 1.807) is 0 Å². The van der Waals surface area contributed by atoms with Crippen LogP contribution in [-0.4, -0.2) is 57.8 Å². The molecule has 6 heteroatoms. The van der Waals surface area contributed by atoms with Crippen LogP contribution in [0.25, 0.3) is 0 Å². The van der Waals surface area contributed by atoms with E-state index in [0.29, 0.717) is 25.3 Å². The highest BCUT2D eigenvalue weighted by Gasteiger charge is 2.23. The lowest BCUT2D eigenvalue weighted by atomic mass is 10.0. The van der Waals surface area contributed by atoms with Gasteiger partial charge in [-0.2, -0.15) is 0 Å². The first kappa shape index (κ1) is 19.3. The zero-order valence-electron chi connectivity index (χ0n) is 15.8. The van der Waals surface area contributed by atoms with Crippen LogP contribution in [0.15, 0.2) is 48.5 Å². The molecule has 1 aliphatic rings. The molecule has 2 aromatic rings. The van der Waals surface area contributed by atoms with Gasteiger partial charge in [0.05, 0.1) is 19.3 Å². The number of carbonyl (C=O) groups is 1. The Morgan fingerprint density at radius 2 is 1.74 bits per heavy atom. The molecule has 3 rings (SSSR count). The first-order chi connectivity index (χ1) is 13.0. The summed E-state index contributed by atoms with van der Waals surface area (Å²) in [4.78, 5) is 16.8. The van der Waals surface area contributed by atoms with Gasteiger partial charge in [-0.05, 0) is 42.0 Å². The van der Waals surface area contributed by atoms with Gasteiger partial charge in [0.25, 0.3) is 5.91 Å². The summed E-state index contributed by atoms with van der Waals surface area (Å²) in [6.45, 7) is 3.52. The van der Waals surface area contributed by atoms with Gasteiger partial charge >= 0.3 is 0 Å². The zero-order chi connectivity index (χ0) is 19.2. The molecule has 1 fully saturated rings. The average molecular weight is 371 g/mol. The van der Waals surface area contributed by atoms with Crippen LogP contribution < -0.4 is 10.2 Å². The van der Waals surface area contributed by atoms with Crippen LogP contribution in [0.5, 0.6) is 0 Å². The van der Waals surface area contributed by atoms with Crippen LogP contribution >= 0.6 is 0 Å². The third kappa shape index (κ3) is 5.05. The van der Waals surface area contributed by atoms with E-state index in [2.05, 4.69) is 39.4 Å². The van der Waals surface area contributed by atoms with Crippen molar-refractivity contribution in [3.05, 3.63) is 65.5 Å². The van der Waals surface area contributed by atoms with Crippen molar-refractivity contribution in [1.82, 2.24) is 10.2 Å². The maximum absolute atomic E-state index is 13.1. The van der Waals surface area contributed by atoms with E-state index < -0.39 is 0 Å². The topological polar surface area (TPSA) is 44.8 Å². The summed E-state index contributed by atoms with van der Waals surface area (Å²) in [5.74, 6) is -0.545. The number of ether oxygens (including phenoxy) is 1. The third-order valence-electron chi connectivity index (χ3n) is 4.84. The standard InChI is InChI=1S/C21H26FN3O2/c1-24(2)19-9-5-16(6-10-19)20(25-11-13-27-14-12-25)15-23-21(26)17-3-7-18(22)8-4-17/h3-10,20H,11-15H2,1-2H3,(H,23,26). The summed E-state index contributed by atoms with van der Waals surface area (Å²) in [5.41, 5.74) is 2.75. The summed E-state index contributed by atoms with van der Waals surface area (Å²) in [6, 6.07) is 14.1. The molecule has 2 aromatic carbocycles. The molecule has 27 heavy (non-hydrogen) atoms. The Kier molecular flexibility index (Phi) is 6.42. The fraction of sp³-hybridized carbons (Fsp3) is 0.381. The number of nitrogens with zero attached hydrogens (tertiary/aromatic N) is 2. The molecule has 5 nitrogen and oxygen atoms in total. The molecule has 1 amide bonds. The lowest BCUT2D eigenvalue weighted by molar-refractivity contribution is 0.0162. The van der Waals surface area contributed by atoms with Gasteiger partial charge in [0, 0.05) is 45.0 Å². The molecule has 0 radical (unpaired) electrons. The van der Waals surface area contributed by atoms with Crippen LogP contribution in [0.3, 0.4) is 0 Å². The number of morpholine rings is 1. The van der Waals surface area contributed by atoms with E-state index in [0.717, 1.165) is 24.3 Å². The second kappa shape index (κ2) is 8.97. The molecule has 0 bridgehead atoms. The average Bonchev–Trinajstić information content (AvgIpc) is 2.69. The number of anilines is 1. The van der Waals surface area contributed by atoms with Crippen LogP contribution in [0, 0.1) is 5.82 Å². The molecule has 1 N–H and O–H groups in total. The molecule has 144 valence electrons. The van der Waals surface area contributed by atoms with Gasteiger partial charge in [0.15, 0.2) is 0 Å². The Morgan fingerprint density at radius 3 is 2.33 bits per heavy atom. The SMILES string of the molecule is CN(C)c1ccc(C(CNC(=O)c2ccc(F)cc2)N2CCOCC2)cc1. The molecule has 0 saturated carbocycles. The quantitative estimate of drug-likeness (QED) is 0.848. The fourth-order valence-electron chi connectivity index (χ4n) is 3.23. The summed E-state index contributed by atoms with van der Waals surface area (Å²) in [7, 11) is 4.02. The first-order valence-electron chi connectivity index (χ1n) is 9.17. The van der Waals surface area contributed by atoms with Crippen molar-refractivity contribution in [3.63, 3.8) is 0 Å². The Hall–Kier alpha value is -2.44. The minimum Gasteiger partial charge on any atom is -0.379 e. The number of nitrogens with one attached hydrogen (secondary N) is 1. The van der Waals surface area contributed by atoms with Gasteiger partial charge in [-0.25, -0.2) is 4.39 Å². The maximum Gasteiger partial charge on any atom is 0.251 e. The third-order valence-corrected chi connectivity index (χ3v) is 4.84. The zero-order valence-corrected chi connectivity index (χ0v) is 15.8. The molecule has 1 unspecified atom stereocenters. The highest BCUT2D eigenvalue weighted by atomic mass is 19.1. The van der Waals surface area contributed by atoms with Gasteiger partial charge in [-0.3, -0.25) is 9.69 Å². The molecule has 0 aromatic heterocycles. The van der Waals surface area contributed by atoms with Crippen molar-refractivity contribution in [3.8, 4) is 0 Å². The lowest BCUT2D eigenvalue weighted by Gasteiger charge is -2.35. The molecule has 0 spiro atoms. The van der Waals surface area contributed by atoms with Crippen molar-refractivity contribution in [2.24, 2.45) is 0 Å². The Balaban J connectivity index is 1.73. The van der Waals surface area contributed by atoms with Gasteiger partial charge in [0.1, 0.15) is 5.82 Å². The molecular weight excluding hydrogens is 345 g/mol. The maximum atomic E-state index is 13.1. The number of halogens is 1. The van der Waals surface area contributed by atoms with E-state index >= 15 is 0 Å². The summed E-state index contributed by atoms with van der Waals surface area (Å²) < 4.78 is 18.5. The second-order valence-corrected chi connectivity index (χ2v) is 6.87. The van der Waals surface area contributed by atoms with Crippen LogP contribution in [0.4, 0.5) is 10.1 Å².